The molecule has 0 spiro atoms. The van der Waals surface area contributed by atoms with Gasteiger partial charge in [0.15, 0.2) is 11.7 Å². The van der Waals surface area contributed by atoms with Crippen molar-refractivity contribution in [2.75, 3.05) is 11.9 Å². The summed E-state index contributed by atoms with van der Waals surface area (Å²) in [6.45, 7) is 2.44. The van der Waals surface area contributed by atoms with Crippen molar-refractivity contribution in [2.24, 2.45) is 0 Å². The number of anilines is 1. The molecule has 6 heteroatoms. The van der Waals surface area contributed by atoms with Gasteiger partial charge in [-0.1, -0.05) is 46.6 Å². The maximum Gasteiger partial charge on any atom is 0.279 e. The minimum Gasteiger partial charge on any atom is -0.332 e. The lowest BCUT2D eigenvalue weighted by atomic mass is 10.0. The third-order valence-corrected chi connectivity index (χ3v) is 4.19. The van der Waals surface area contributed by atoms with Crippen LogP contribution in [0.5, 0.6) is 0 Å². The Morgan fingerprint density at radius 2 is 2.09 bits per heavy atom. The number of carbonyl (C=O) groups is 1. The smallest absolute Gasteiger partial charge is 0.279 e. The van der Waals surface area contributed by atoms with Gasteiger partial charge in [-0.05, 0) is 24.3 Å². The molecule has 1 aromatic heterocycles. The lowest BCUT2D eigenvalue weighted by Crippen LogP contribution is -2.87. The van der Waals surface area contributed by atoms with Gasteiger partial charge in [0, 0.05) is 22.7 Å². The zero-order valence-electron chi connectivity index (χ0n) is 12.2. The molecule has 22 heavy (non-hydrogen) atoms. The van der Waals surface area contributed by atoms with E-state index in [2.05, 4.69) is 45.3 Å². The monoisotopic (exact) mass is 382 g/mol. The van der Waals surface area contributed by atoms with Crippen LogP contribution in [0.4, 0.5) is 5.69 Å². The fraction of sp³-hybridized carbons (Fsp3) is 0.250. The van der Waals surface area contributed by atoms with E-state index in [4.69, 9.17) is 11.6 Å². The number of nitrogens with two attached hydrogens (primary N) is 1. The lowest BCUT2D eigenvalue weighted by Gasteiger charge is -2.14. The molecular formula is C16H18BrClN3O+. The van der Waals surface area contributed by atoms with Crippen molar-refractivity contribution >= 4 is 39.1 Å². The molecule has 0 aliphatic rings. The predicted octanol–water partition coefficient (Wildman–Crippen LogP) is 3.15. The fourth-order valence-corrected chi connectivity index (χ4v) is 2.61. The van der Waals surface area contributed by atoms with Crippen LogP contribution in [0.2, 0.25) is 5.15 Å². The molecule has 0 unspecified atom stereocenters. The second-order valence-corrected chi connectivity index (χ2v) is 6.17. The summed E-state index contributed by atoms with van der Waals surface area (Å²) in [4.78, 5) is 16.0. The molecule has 116 valence electrons. The summed E-state index contributed by atoms with van der Waals surface area (Å²) >= 11 is 9.36. The van der Waals surface area contributed by atoms with E-state index in [1.807, 2.05) is 17.4 Å². The van der Waals surface area contributed by atoms with E-state index < -0.39 is 0 Å². The Morgan fingerprint density at radius 1 is 1.36 bits per heavy atom. The summed E-state index contributed by atoms with van der Waals surface area (Å²) in [6, 6.07) is 11.9. The molecule has 0 aliphatic heterocycles. The van der Waals surface area contributed by atoms with Gasteiger partial charge in [-0.25, -0.2) is 4.98 Å². The first kappa shape index (κ1) is 16.9. The normalized spacial score (nSPS) is 12.0. The predicted molar refractivity (Wildman–Crippen MR) is 91.8 cm³/mol. The number of aromatic nitrogens is 1. The van der Waals surface area contributed by atoms with E-state index in [9.17, 15) is 4.79 Å². The number of nitrogens with zero attached hydrogens (tertiary/aromatic N) is 1. The van der Waals surface area contributed by atoms with E-state index in [1.165, 1.54) is 5.56 Å². The molecule has 0 aliphatic carbocycles. The Bertz CT molecular complexity index is 634. The Morgan fingerprint density at radius 3 is 2.73 bits per heavy atom. The highest BCUT2D eigenvalue weighted by Gasteiger charge is 2.15. The molecule has 0 saturated heterocycles. The molecule has 0 fully saturated rings. The average Bonchev–Trinajstić information content (AvgIpc) is 2.52. The van der Waals surface area contributed by atoms with Gasteiger partial charge in [-0.2, -0.15) is 0 Å². The molecule has 4 nitrogen and oxygen atoms in total. The first-order valence-electron chi connectivity index (χ1n) is 7.09. The van der Waals surface area contributed by atoms with Gasteiger partial charge in [0.25, 0.3) is 5.91 Å². The number of hydrogen-bond donors (Lipinski definition) is 2. The lowest BCUT2D eigenvalue weighted by molar-refractivity contribution is -0.686. The number of pyridine rings is 1. The van der Waals surface area contributed by atoms with Gasteiger partial charge >= 0.3 is 0 Å². The molecule has 1 aromatic carbocycles. The molecule has 0 radical (unpaired) electrons. The van der Waals surface area contributed by atoms with Crippen LogP contribution in [-0.4, -0.2) is 17.4 Å². The molecule has 1 amide bonds. The summed E-state index contributed by atoms with van der Waals surface area (Å²) < 4.78 is 1.05. The van der Waals surface area contributed by atoms with Gasteiger partial charge < -0.3 is 10.6 Å². The van der Waals surface area contributed by atoms with Crippen molar-refractivity contribution < 1.29 is 10.1 Å². The van der Waals surface area contributed by atoms with Gasteiger partial charge in [0.05, 0.1) is 5.69 Å². The molecular weight excluding hydrogens is 366 g/mol. The standard InChI is InChI=1S/C16H17BrClN3O/c1-2-13(11-5-7-12(17)8-6-11)20-10-15(22)21-14-4-3-9-19-16(14)18/h3-9,13,20H,2,10H2,1H3,(H,21,22)/p+1/t13-/m1/s1. The summed E-state index contributed by atoms with van der Waals surface area (Å²) in [5.74, 6) is -0.0922. The zero-order chi connectivity index (χ0) is 15.9. The third-order valence-electron chi connectivity index (χ3n) is 3.36. The van der Waals surface area contributed by atoms with E-state index in [-0.39, 0.29) is 11.9 Å². The third kappa shape index (κ3) is 4.80. The Hall–Kier alpha value is -1.43. The van der Waals surface area contributed by atoms with Crippen LogP contribution in [-0.2, 0) is 4.79 Å². The largest absolute Gasteiger partial charge is 0.332 e. The van der Waals surface area contributed by atoms with Crippen LogP contribution < -0.4 is 10.6 Å². The molecule has 0 saturated carbocycles. The highest BCUT2D eigenvalue weighted by molar-refractivity contribution is 9.10. The molecule has 2 aromatic rings. The topological polar surface area (TPSA) is 58.6 Å². The van der Waals surface area contributed by atoms with E-state index in [0.29, 0.717) is 17.4 Å². The molecule has 1 atom stereocenters. The zero-order valence-corrected chi connectivity index (χ0v) is 14.6. The molecule has 1 heterocycles. The second kappa shape index (κ2) is 8.27. The van der Waals surface area contributed by atoms with Crippen LogP contribution in [0.25, 0.3) is 0 Å². The summed E-state index contributed by atoms with van der Waals surface area (Å²) in [7, 11) is 0. The van der Waals surface area contributed by atoms with Crippen LogP contribution in [0.1, 0.15) is 24.9 Å². The fourth-order valence-electron chi connectivity index (χ4n) is 2.18. The van der Waals surface area contributed by atoms with Gasteiger partial charge in [-0.3, -0.25) is 4.79 Å². The van der Waals surface area contributed by atoms with Gasteiger partial charge in [-0.15, -0.1) is 0 Å². The van der Waals surface area contributed by atoms with Crippen LogP contribution in [0.3, 0.4) is 0 Å². The first-order chi connectivity index (χ1) is 10.6. The minimum atomic E-state index is -0.0922. The number of halogens is 2. The van der Waals surface area contributed by atoms with Crippen molar-refractivity contribution in [2.45, 2.75) is 19.4 Å². The highest BCUT2D eigenvalue weighted by Crippen LogP contribution is 2.18. The van der Waals surface area contributed by atoms with Crippen molar-refractivity contribution in [1.29, 1.82) is 0 Å². The van der Waals surface area contributed by atoms with Crippen molar-refractivity contribution in [3.8, 4) is 0 Å². The van der Waals surface area contributed by atoms with Crippen molar-refractivity contribution in [1.82, 2.24) is 4.98 Å². The summed E-state index contributed by atoms with van der Waals surface area (Å²) in [6.07, 6.45) is 2.54. The van der Waals surface area contributed by atoms with Crippen molar-refractivity contribution in [3.05, 3.63) is 57.8 Å². The Kier molecular flexibility index (Phi) is 6.36. The highest BCUT2D eigenvalue weighted by atomic mass is 79.9. The number of quaternary nitrogens is 1. The molecule has 0 bridgehead atoms. The van der Waals surface area contributed by atoms with Gasteiger partial charge in [0.2, 0.25) is 0 Å². The molecule has 3 N–H and O–H groups in total. The van der Waals surface area contributed by atoms with E-state index >= 15 is 0 Å². The number of carbonyl (C=O) groups excluding carboxylic acids is 1. The number of amides is 1. The average molecular weight is 384 g/mol. The number of benzene rings is 1. The quantitative estimate of drug-likeness (QED) is 0.753. The Labute approximate surface area is 143 Å². The SMILES string of the molecule is CC[C@@H]([NH2+]CC(=O)Nc1cccnc1Cl)c1ccc(Br)cc1. The number of hydrogen-bond acceptors (Lipinski definition) is 2. The number of rotatable bonds is 6. The summed E-state index contributed by atoms with van der Waals surface area (Å²) in [5, 5.41) is 5.11. The maximum absolute atomic E-state index is 12.0. The van der Waals surface area contributed by atoms with E-state index in [1.54, 1.807) is 18.3 Å². The number of nitrogens with one attached hydrogen (secondary N) is 1. The second-order valence-electron chi connectivity index (χ2n) is 4.90. The van der Waals surface area contributed by atoms with E-state index in [0.717, 1.165) is 10.9 Å². The minimum absolute atomic E-state index is 0.0922. The first-order valence-corrected chi connectivity index (χ1v) is 8.26. The van der Waals surface area contributed by atoms with Crippen LogP contribution in [0.15, 0.2) is 47.1 Å². The molecule has 2 rings (SSSR count). The Balaban J connectivity index is 1.91. The van der Waals surface area contributed by atoms with Crippen LogP contribution >= 0.6 is 27.5 Å². The van der Waals surface area contributed by atoms with Crippen molar-refractivity contribution in [3.63, 3.8) is 0 Å². The summed E-state index contributed by atoms with van der Waals surface area (Å²) in [5.41, 5.74) is 1.75. The van der Waals surface area contributed by atoms with Crippen LogP contribution in [0, 0.1) is 0 Å². The van der Waals surface area contributed by atoms with Gasteiger partial charge in [0.1, 0.15) is 6.04 Å². The maximum atomic E-state index is 12.0.